The first kappa shape index (κ1) is 19.3. The van der Waals surface area contributed by atoms with Crippen LogP contribution < -0.4 is 20.2 Å². The second-order valence-electron chi connectivity index (χ2n) is 5.17. The number of halogens is 1. The van der Waals surface area contributed by atoms with Gasteiger partial charge >= 0.3 is 11.8 Å². The monoisotopic (exact) mass is 375 g/mol. The van der Waals surface area contributed by atoms with Gasteiger partial charge in [0.15, 0.2) is 11.5 Å². The Balaban J connectivity index is 2.02. The summed E-state index contributed by atoms with van der Waals surface area (Å²) >= 11 is 5.77. The van der Waals surface area contributed by atoms with Crippen LogP contribution in [0.1, 0.15) is 12.5 Å². The molecule has 0 fully saturated rings. The summed E-state index contributed by atoms with van der Waals surface area (Å²) < 4.78 is 10.4. The third-order valence-electron chi connectivity index (χ3n) is 3.43. The van der Waals surface area contributed by atoms with E-state index in [1.807, 2.05) is 0 Å². The summed E-state index contributed by atoms with van der Waals surface area (Å²) in [5.41, 5.74) is 3.88. The van der Waals surface area contributed by atoms with E-state index in [9.17, 15) is 9.59 Å². The van der Waals surface area contributed by atoms with Gasteiger partial charge in [-0.2, -0.15) is 5.10 Å². The fraction of sp³-hybridized carbons (Fsp3) is 0.167. The predicted molar refractivity (Wildman–Crippen MR) is 100.0 cm³/mol. The van der Waals surface area contributed by atoms with Crippen LogP contribution in [0.5, 0.6) is 11.5 Å². The number of ether oxygens (including phenoxy) is 2. The fourth-order valence-corrected chi connectivity index (χ4v) is 2.16. The molecule has 0 saturated carbocycles. The summed E-state index contributed by atoms with van der Waals surface area (Å²) in [6.07, 6.45) is 0. The number of hydrogen-bond acceptors (Lipinski definition) is 5. The van der Waals surface area contributed by atoms with Crippen molar-refractivity contribution < 1.29 is 19.1 Å². The summed E-state index contributed by atoms with van der Waals surface area (Å²) in [5, 5.41) is 6.92. The zero-order chi connectivity index (χ0) is 19.1. The number of hydrogen-bond donors (Lipinski definition) is 2. The number of nitrogens with one attached hydrogen (secondary N) is 2. The second-order valence-corrected chi connectivity index (χ2v) is 5.61. The largest absolute Gasteiger partial charge is 0.493 e. The van der Waals surface area contributed by atoms with Crippen molar-refractivity contribution >= 4 is 34.8 Å². The lowest BCUT2D eigenvalue weighted by Crippen LogP contribution is -2.32. The van der Waals surface area contributed by atoms with Crippen LogP contribution in [-0.2, 0) is 9.59 Å². The average molecular weight is 376 g/mol. The molecule has 2 aromatic carbocycles. The lowest BCUT2D eigenvalue weighted by Gasteiger charge is -2.09. The molecule has 0 radical (unpaired) electrons. The van der Waals surface area contributed by atoms with Gasteiger partial charge in [0.2, 0.25) is 0 Å². The van der Waals surface area contributed by atoms with Crippen LogP contribution in [0.15, 0.2) is 47.6 Å². The Kier molecular flexibility index (Phi) is 6.57. The molecule has 0 spiro atoms. The molecule has 0 aromatic heterocycles. The average Bonchev–Trinajstić information content (AvgIpc) is 2.66. The Hall–Kier alpha value is -3.06. The molecule has 8 heteroatoms. The minimum atomic E-state index is -0.889. The molecule has 0 aliphatic heterocycles. The third-order valence-corrected chi connectivity index (χ3v) is 3.69. The summed E-state index contributed by atoms with van der Waals surface area (Å²) in [7, 11) is 3.06. The molecule has 2 amide bonds. The van der Waals surface area contributed by atoms with Crippen LogP contribution in [0.2, 0.25) is 5.02 Å². The maximum atomic E-state index is 11.9. The van der Waals surface area contributed by atoms with Crippen LogP contribution in [0.4, 0.5) is 5.69 Å². The minimum Gasteiger partial charge on any atom is -0.493 e. The van der Waals surface area contributed by atoms with Crippen molar-refractivity contribution in [1.29, 1.82) is 0 Å². The number of carbonyl (C=O) groups excluding carboxylic acids is 2. The highest BCUT2D eigenvalue weighted by atomic mass is 35.5. The lowest BCUT2D eigenvalue weighted by molar-refractivity contribution is -0.136. The van der Waals surface area contributed by atoms with E-state index in [2.05, 4.69) is 15.8 Å². The highest BCUT2D eigenvalue weighted by Crippen LogP contribution is 2.27. The van der Waals surface area contributed by atoms with Gasteiger partial charge in [-0.1, -0.05) is 11.6 Å². The van der Waals surface area contributed by atoms with E-state index in [-0.39, 0.29) is 0 Å². The van der Waals surface area contributed by atoms with Gasteiger partial charge in [0.1, 0.15) is 0 Å². The standard InChI is InChI=1S/C18H18ClN3O4/c1-11(12-4-9-15(25-2)16(10-12)26-3)21-22-18(24)17(23)20-14-7-5-13(19)6-8-14/h4-10H,1-3H3,(H,20,23)(H,22,24)/b21-11+. The summed E-state index contributed by atoms with van der Waals surface area (Å²) in [4.78, 5) is 23.7. The quantitative estimate of drug-likeness (QED) is 0.477. The molecule has 0 bridgehead atoms. The van der Waals surface area contributed by atoms with Crippen molar-refractivity contribution in [2.24, 2.45) is 5.10 Å². The molecule has 0 heterocycles. The van der Waals surface area contributed by atoms with E-state index in [1.165, 1.54) is 14.2 Å². The van der Waals surface area contributed by atoms with Gasteiger partial charge < -0.3 is 14.8 Å². The first-order valence-electron chi connectivity index (χ1n) is 7.58. The van der Waals surface area contributed by atoms with E-state index in [0.29, 0.717) is 33.5 Å². The SMILES string of the molecule is COc1ccc(/C(C)=N/NC(=O)C(=O)Nc2ccc(Cl)cc2)cc1OC. The number of hydrazone groups is 1. The number of amides is 2. The summed E-state index contributed by atoms with van der Waals surface area (Å²) in [6.45, 7) is 1.69. The van der Waals surface area contributed by atoms with Gasteiger partial charge in [-0.15, -0.1) is 0 Å². The predicted octanol–water partition coefficient (Wildman–Crippen LogP) is 2.84. The molecule has 2 rings (SSSR count). The smallest absolute Gasteiger partial charge is 0.329 e. The number of anilines is 1. The second kappa shape index (κ2) is 8.87. The van der Waals surface area contributed by atoms with Gasteiger partial charge in [-0.05, 0) is 49.4 Å². The van der Waals surface area contributed by atoms with Crippen LogP contribution in [-0.4, -0.2) is 31.7 Å². The van der Waals surface area contributed by atoms with Crippen molar-refractivity contribution in [3.63, 3.8) is 0 Å². The van der Waals surface area contributed by atoms with Crippen molar-refractivity contribution in [2.45, 2.75) is 6.92 Å². The maximum absolute atomic E-state index is 11.9. The van der Waals surface area contributed by atoms with Crippen molar-refractivity contribution in [2.75, 3.05) is 19.5 Å². The van der Waals surface area contributed by atoms with Gasteiger partial charge in [-0.25, -0.2) is 5.43 Å². The molecule has 0 unspecified atom stereocenters. The van der Waals surface area contributed by atoms with E-state index >= 15 is 0 Å². The number of carbonyl (C=O) groups is 2. The van der Waals surface area contributed by atoms with Gasteiger partial charge in [0.05, 0.1) is 19.9 Å². The van der Waals surface area contributed by atoms with Crippen LogP contribution >= 0.6 is 11.6 Å². The molecule has 0 aliphatic rings. The third kappa shape index (κ3) is 4.97. The van der Waals surface area contributed by atoms with Gasteiger partial charge in [-0.3, -0.25) is 9.59 Å². The van der Waals surface area contributed by atoms with E-state index in [4.69, 9.17) is 21.1 Å². The van der Waals surface area contributed by atoms with Crippen LogP contribution in [0.3, 0.4) is 0 Å². The zero-order valence-corrected chi connectivity index (χ0v) is 15.3. The number of rotatable bonds is 5. The van der Waals surface area contributed by atoms with Crippen molar-refractivity contribution in [3.8, 4) is 11.5 Å². The Morgan fingerprint density at radius 1 is 0.962 bits per heavy atom. The van der Waals surface area contributed by atoms with Crippen molar-refractivity contribution in [3.05, 3.63) is 53.1 Å². The highest BCUT2D eigenvalue weighted by Gasteiger charge is 2.13. The van der Waals surface area contributed by atoms with Crippen LogP contribution in [0.25, 0.3) is 0 Å². The Morgan fingerprint density at radius 3 is 2.23 bits per heavy atom. The Bertz CT molecular complexity index is 835. The normalized spacial score (nSPS) is 10.8. The van der Waals surface area contributed by atoms with Gasteiger partial charge in [0.25, 0.3) is 0 Å². The maximum Gasteiger partial charge on any atom is 0.329 e. The van der Waals surface area contributed by atoms with Crippen molar-refractivity contribution in [1.82, 2.24) is 5.43 Å². The summed E-state index contributed by atoms with van der Waals surface area (Å²) in [5.74, 6) is -0.613. The zero-order valence-electron chi connectivity index (χ0n) is 14.5. The molecule has 26 heavy (non-hydrogen) atoms. The molecule has 0 aliphatic carbocycles. The van der Waals surface area contributed by atoms with E-state index in [1.54, 1.807) is 49.4 Å². The molecule has 7 nitrogen and oxygen atoms in total. The molecule has 136 valence electrons. The fourth-order valence-electron chi connectivity index (χ4n) is 2.03. The molecule has 2 aromatic rings. The first-order chi connectivity index (χ1) is 12.4. The molecular formula is C18H18ClN3O4. The molecular weight excluding hydrogens is 358 g/mol. The first-order valence-corrected chi connectivity index (χ1v) is 7.96. The Labute approximate surface area is 155 Å². The Morgan fingerprint density at radius 2 is 1.62 bits per heavy atom. The number of nitrogens with zero attached hydrogens (tertiary/aromatic N) is 1. The van der Waals surface area contributed by atoms with Gasteiger partial charge in [0, 0.05) is 16.3 Å². The summed E-state index contributed by atoms with van der Waals surface area (Å²) in [6, 6.07) is 11.6. The molecule has 2 N–H and O–H groups in total. The van der Waals surface area contributed by atoms with E-state index < -0.39 is 11.8 Å². The molecule has 0 saturated heterocycles. The minimum absolute atomic E-state index is 0.454. The highest BCUT2D eigenvalue weighted by molar-refractivity contribution is 6.39. The lowest BCUT2D eigenvalue weighted by atomic mass is 10.1. The van der Waals surface area contributed by atoms with Crippen LogP contribution in [0, 0.1) is 0 Å². The topological polar surface area (TPSA) is 89.0 Å². The number of benzene rings is 2. The number of methoxy groups -OCH3 is 2. The molecule has 0 atom stereocenters. The van der Waals surface area contributed by atoms with E-state index in [0.717, 1.165) is 0 Å².